The van der Waals surface area contributed by atoms with Gasteiger partial charge in [0.25, 0.3) is 0 Å². The SMILES string of the molecule is C[C@H](c1nc2ccccc2s1)N(C)C(=O)[C@H]1CCCN1S(=O)(=O)c1ccc(F)cc1. The highest BCUT2D eigenvalue weighted by Gasteiger charge is 2.41. The lowest BCUT2D eigenvalue weighted by Gasteiger charge is -2.30. The number of rotatable bonds is 5. The van der Waals surface area contributed by atoms with Crippen molar-refractivity contribution in [3.05, 3.63) is 59.4 Å². The first-order chi connectivity index (χ1) is 14.3. The monoisotopic (exact) mass is 447 g/mol. The molecule has 1 aliphatic rings. The first kappa shape index (κ1) is 20.9. The summed E-state index contributed by atoms with van der Waals surface area (Å²) in [5, 5.41) is 0.804. The van der Waals surface area contributed by atoms with Crippen LogP contribution in [0.25, 0.3) is 10.2 Å². The fraction of sp³-hybridized carbons (Fsp3) is 0.333. The summed E-state index contributed by atoms with van der Waals surface area (Å²) in [6, 6.07) is 11.4. The third-order valence-electron chi connectivity index (χ3n) is 5.51. The summed E-state index contributed by atoms with van der Waals surface area (Å²) in [6.45, 7) is 2.16. The Balaban J connectivity index is 1.57. The first-order valence-corrected chi connectivity index (χ1v) is 11.9. The van der Waals surface area contributed by atoms with Crippen molar-refractivity contribution in [3.8, 4) is 0 Å². The summed E-state index contributed by atoms with van der Waals surface area (Å²) >= 11 is 1.53. The van der Waals surface area contributed by atoms with E-state index in [1.165, 1.54) is 27.8 Å². The number of likely N-dealkylation sites (N-methyl/N-ethyl adjacent to an activating group) is 1. The van der Waals surface area contributed by atoms with E-state index in [4.69, 9.17) is 0 Å². The predicted molar refractivity (Wildman–Crippen MR) is 114 cm³/mol. The number of carbonyl (C=O) groups excluding carboxylic acids is 1. The molecule has 6 nitrogen and oxygen atoms in total. The van der Waals surface area contributed by atoms with E-state index >= 15 is 0 Å². The first-order valence-electron chi connectivity index (χ1n) is 9.68. The molecule has 0 radical (unpaired) electrons. The molecule has 0 saturated carbocycles. The van der Waals surface area contributed by atoms with Crippen LogP contribution >= 0.6 is 11.3 Å². The van der Waals surface area contributed by atoms with Crippen LogP contribution in [0.1, 0.15) is 30.8 Å². The molecule has 2 aromatic carbocycles. The van der Waals surface area contributed by atoms with Crippen LogP contribution in [-0.4, -0.2) is 48.1 Å². The maximum atomic E-state index is 13.3. The predicted octanol–water partition coefficient (Wildman–Crippen LogP) is 3.81. The number of halogens is 1. The highest BCUT2D eigenvalue weighted by atomic mass is 32.2. The van der Waals surface area contributed by atoms with Gasteiger partial charge in [-0.05, 0) is 56.2 Å². The Morgan fingerprint density at radius 2 is 1.93 bits per heavy atom. The zero-order valence-corrected chi connectivity index (χ0v) is 18.3. The Morgan fingerprint density at radius 1 is 1.23 bits per heavy atom. The van der Waals surface area contributed by atoms with Crippen LogP contribution in [-0.2, 0) is 14.8 Å². The van der Waals surface area contributed by atoms with Crippen molar-refractivity contribution in [1.82, 2.24) is 14.2 Å². The van der Waals surface area contributed by atoms with Gasteiger partial charge in [-0.3, -0.25) is 4.79 Å². The molecule has 9 heteroatoms. The van der Waals surface area contributed by atoms with E-state index in [0.717, 1.165) is 27.4 Å². The van der Waals surface area contributed by atoms with Gasteiger partial charge in [0.2, 0.25) is 15.9 Å². The molecule has 30 heavy (non-hydrogen) atoms. The van der Waals surface area contributed by atoms with Gasteiger partial charge in [-0.2, -0.15) is 4.31 Å². The number of carbonyl (C=O) groups is 1. The van der Waals surface area contributed by atoms with Crippen LogP contribution in [0, 0.1) is 5.82 Å². The standard InChI is InChI=1S/C21H22FN3O3S2/c1-14(20-23-17-6-3-4-8-19(17)29-20)24(2)21(26)18-7-5-13-25(18)30(27,28)16-11-9-15(22)10-12-16/h3-4,6,8-12,14,18H,5,7,13H2,1-2H3/t14-,18-/m1/s1. The Bertz CT molecular complexity index is 1140. The molecule has 0 spiro atoms. The molecule has 0 aliphatic carbocycles. The maximum Gasteiger partial charge on any atom is 0.243 e. The third-order valence-corrected chi connectivity index (χ3v) is 8.63. The zero-order chi connectivity index (χ0) is 21.5. The minimum atomic E-state index is -3.89. The Labute approximate surface area is 179 Å². The van der Waals surface area contributed by atoms with Crippen molar-refractivity contribution in [3.63, 3.8) is 0 Å². The number of amides is 1. The van der Waals surface area contributed by atoms with E-state index in [-0.39, 0.29) is 23.4 Å². The topological polar surface area (TPSA) is 70.6 Å². The molecule has 2 atom stereocenters. The van der Waals surface area contributed by atoms with Gasteiger partial charge in [-0.1, -0.05) is 12.1 Å². The second-order valence-electron chi connectivity index (χ2n) is 7.37. The summed E-state index contributed by atoms with van der Waals surface area (Å²) in [5.41, 5.74) is 0.881. The van der Waals surface area contributed by atoms with Gasteiger partial charge in [0, 0.05) is 13.6 Å². The molecular weight excluding hydrogens is 425 g/mol. The van der Waals surface area contributed by atoms with Gasteiger partial charge < -0.3 is 4.90 Å². The number of benzene rings is 2. The molecule has 1 saturated heterocycles. The van der Waals surface area contributed by atoms with Crippen LogP contribution in [0.5, 0.6) is 0 Å². The number of aromatic nitrogens is 1. The number of hydrogen-bond acceptors (Lipinski definition) is 5. The van der Waals surface area contributed by atoms with Crippen LogP contribution in [0.4, 0.5) is 4.39 Å². The van der Waals surface area contributed by atoms with Crippen LogP contribution in [0.3, 0.4) is 0 Å². The summed E-state index contributed by atoms with van der Waals surface area (Å²) in [6.07, 6.45) is 1.05. The summed E-state index contributed by atoms with van der Waals surface area (Å²) in [5.74, 6) is -0.766. The van der Waals surface area contributed by atoms with Gasteiger partial charge in [0.05, 0.1) is 21.2 Å². The number of para-hydroxylation sites is 1. The highest BCUT2D eigenvalue weighted by molar-refractivity contribution is 7.89. The Morgan fingerprint density at radius 3 is 2.63 bits per heavy atom. The molecule has 0 unspecified atom stereocenters. The number of sulfonamides is 1. The second-order valence-corrected chi connectivity index (χ2v) is 10.3. The highest BCUT2D eigenvalue weighted by Crippen LogP contribution is 2.32. The zero-order valence-electron chi connectivity index (χ0n) is 16.7. The molecule has 3 aromatic rings. The smallest absolute Gasteiger partial charge is 0.243 e. The Hall–Kier alpha value is -2.36. The van der Waals surface area contributed by atoms with Crippen molar-refractivity contribution in [1.29, 1.82) is 0 Å². The van der Waals surface area contributed by atoms with Crippen molar-refractivity contribution in [2.45, 2.75) is 36.7 Å². The average molecular weight is 448 g/mol. The van der Waals surface area contributed by atoms with Crippen LogP contribution in [0.2, 0.25) is 0 Å². The fourth-order valence-corrected chi connectivity index (χ4v) is 6.39. The minimum absolute atomic E-state index is 0.00882. The molecule has 158 valence electrons. The summed E-state index contributed by atoms with van der Waals surface area (Å²) in [4.78, 5) is 19.4. The van der Waals surface area contributed by atoms with E-state index < -0.39 is 21.9 Å². The number of hydrogen-bond donors (Lipinski definition) is 0. The van der Waals surface area contributed by atoms with E-state index in [1.807, 2.05) is 31.2 Å². The van der Waals surface area contributed by atoms with Crippen molar-refractivity contribution < 1.29 is 17.6 Å². The largest absolute Gasteiger partial charge is 0.335 e. The maximum absolute atomic E-state index is 13.3. The minimum Gasteiger partial charge on any atom is -0.335 e. The van der Waals surface area contributed by atoms with Gasteiger partial charge >= 0.3 is 0 Å². The van der Waals surface area contributed by atoms with Gasteiger partial charge in [-0.25, -0.2) is 17.8 Å². The van der Waals surface area contributed by atoms with Crippen molar-refractivity contribution in [2.75, 3.05) is 13.6 Å². The molecule has 1 fully saturated rings. The Kier molecular flexibility index (Phi) is 5.61. The van der Waals surface area contributed by atoms with Crippen LogP contribution < -0.4 is 0 Å². The fourth-order valence-electron chi connectivity index (χ4n) is 3.68. The molecular formula is C21H22FN3O3S2. The van der Waals surface area contributed by atoms with E-state index in [9.17, 15) is 17.6 Å². The molecule has 1 amide bonds. The quantitative estimate of drug-likeness (QED) is 0.596. The van der Waals surface area contributed by atoms with E-state index in [0.29, 0.717) is 12.8 Å². The second kappa shape index (κ2) is 8.05. The molecule has 1 aromatic heterocycles. The third kappa shape index (κ3) is 3.73. The molecule has 1 aliphatic heterocycles. The molecule has 2 heterocycles. The van der Waals surface area contributed by atoms with Crippen molar-refractivity contribution in [2.24, 2.45) is 0 Å². The molecule has 4 rings (SSSR count). The van der Waals surface area contributed by atoms with E-state index in [1.54, 1.807) is 11.9 Å². The lowest BCUT2D eigenvalue weighted by Crippen LogP contribution is -2.47. The number of nitrogens with zero attached hydrogens (tertiary/aromatic N) is 3. The molecule has 0 N–H and O–H groups in total. The average Bonchev–Trinajstić information content (AvgIpc) is 3.40. The summed E-state index contributed by atoms with van der Waals surface area (Å²) in [7, 11) is -2.21. The normalized spacial score (nSPS) is 18.6. The lowest BCUT2D eigenvalue weighted by atomic mass is 10.2. The van der Waals surface area contributed by atoms with Crippen molar-refractivity contribution >= 4 is 37.5 Å². The summed E-state index contributed by atoms with van der Waals surface area (Å²) < 4.78 is 41.6. The van der Waals surface area contributed by atoms with Gasteiger partial charge in [0.1, 0.15) is 16.9 Å². The van der Waals surface area contributed by atoms with Gasteiger partial charge in [-0.15, -0.1) is 11.3 Å². The van der Waals surface area contributed by atoms with Crippen LogP contribution in [0.15, 0.2) is 53.4 Å². The number of thiazole rings is 1. The number of fused-ring (bicyclic) bond motifs is 1. The molecule has 0 bridgehead atoms. The van der Waals surface area contributed by atoms with Gasteiger partial charge in [0.15, 0.2) is 0 Å². The van der Waals surface area contributed by atoms with E-state index in [2.05, 4.69) is 4.98 Å². The lowest BCUT2D eigenvalue weighted by molar-refractivity contribution is -0.135.